The van der Waals surface area contributed by atoms with Gasteiger partial charge in [-0.3, -0.25) is 9.59 Å². The Bertz CT molecular complexity index is 367. The second-order valence-corrected chi connectivity index (χ2v) is 6.97. The molecule has 1 rings (SSSR count). The molecule has 0 bridgehead atoms. The first-order valence-corrected chi connectivity index (χ1v) is 8.96. The van der Waals surface area contributed by atoms with Crippen LogP contribution in [-0.4, -0.2) is 30.1 Å². The summed E-state index contributed by atoms with van der Waals surface area (Å²) in [6.45, 7) is 1.77. The molecular weight excluding hydrogens is 292 g/mol. The van der Waals surface area contributed by atoms with Crippen LogP contribution in [0.1, 0.15) is 64.7 Å². The number of nitrogens with two attached hydrogens (primary N) is 1. The summed E-state index contributed by atoms with van der Waals surface area (Å²) in [5.74, 6) is -0.256. The number of amides is 2. The third-order valence-corrected chi connectivity index (χ3v) is 5.04. The molecular formula is C18H33N2O3. The van der Waals surface area contributed by atoms with Gasteiger partial charge in [0.05, 0.1) is 6.10 Å². The summed E-state index contributed by atoms with van der Waals surface area (Å²) < 4.78 is 0. The van der Waals surface area contributed by atoms with Crippen LogP contribution in [0.2, 0.25) is 0 Å². The zero-order valence-corrected chi connectivity index (χ0v) is 14.6. The van der Waals surface area contributed by atoms with Crippen LogP contribution in [0.15, 0.2) is 0 Å². The molecule has 1 fully saturated rings. The summed E-state index contributed by atoms with van der Waals surface area (Å²) in [6, 6.07) is 0. The molecule has 0 aliphatic heterocycles. The van der Waals surface area contributed by atoms with Gasteiger partial charge in [-0.1, -0.05) is 39.0 Å². The lowest BCUT2D eigenvalue weighted by molar-refractivity contribution is -0.126. The molecule has 5 nitrogen and oxygen atoms in total. The zero-order valence-electron chi connectivity index (χ0n) is 14.6. The van der Waals surface area contributed by atoms with E-state index in [-0.39, 0.29) is 23.7 Å². The minimum absolute atomic E-state index is 0.0770. The number of rotatable bonds is 10. The number of nitrogens with one attached hydrogen (secondary N) is 1. The van der Waals surface area contributed by atoms with E-state index in [1.54, 1.807) is 14.0 Å². The van der Waals surface area contributed by atoms with Gasteiger partial charge in [-0.25, -0.2) is 0 Å². The SMILES string of the molecule is CNC(=O)[C@H](CCC(C)C(N)=O)C[C@@H](O)[CH]CC1CCCCC1. The average Bonchev–Trinajstić information content (AvgIpc) is 2.56. The minimum Gasteiger partial charge on any atom is -0.393 e. The predicted molar refractivity (Wildman–Crippen MR) is 91.3 cm³/mol. The number of aliphatic hydroxyl groups is 1. The number of carbonyl (C=O) groups is 2. The molecule has 0 saturated heterocycles. The van der Waals surface area contributed by atoms with Gasteiger partial charge in [0.15, 0.2) is 0 Å². The molecule has 0 aromatic carbocycles. The van der Waals surface area contributed by atoms with Crippen LogP contribution in [0, 0.1) is 24.2 Å². The van der Waals surface area contributed by atoms with Gasteiger partial charge in [0.25, 0.3) is 0 Å². The third-order valence-electron chi connectivity index (χ3n) is 5.04. The Morgan fingerprint density at radius 3 is 2.48 bits per heavy atom. The van der Waals surface area contributed by atoms with E-state index in [1.165, 1.54) is 32.1 Å². The molecule has 5 heteroatoms. The van der Waals surface area contributed by atoms with Crippen molar-refractivity contribution < 1.29 is 14.7 Å². The van der Waals surface area contributed by atoms with Crippen LogP contribution >= 0.6 is 0 Å². The fraction of sp³-hybridized carbons (Fsp3) is 0.833. The molecule has 2 amide bonds. The van der Waals surface area contributed by atoms with Gasteiger partial charge in [0.2, 0.25) is 11.8 Å². The van der Waals surface area contributed by atoms with Crippen molar-refractivity contribution in [2.75, 3.05) is 7.05 Å². The molecule has 1 saturated carbocycles. The van der Waals surface area contributed by atoms with Crippen LogP contribution in [0.5, 0.6) is 0 Å². The normalized spacial score (nSPS) is 19.8. The molecule has 4 N–H and O–H groups in total. The maximum absolute atomic E-state index is 12.0. The van der Waals surface area contributed by atoms with Crippen molar-refractivity contribution in [1.82, 2.24) is 5.32 Å². The van der Waals surface area contributed by atoms with E-state index in [0.29, 0.717) is 25.2 Å². The Labute approximate surface area is 140 Å². The fourth-order valence-electron chi connectivity index (χ4n) is 3.31. The van der Waals surface area contributed by atoms with Crippen molar-refractivity contribution in [3.05, 3.63) is 6.42 Å². The summed E-state index contributed by atoms with van der Waals surface area (Å²) in [4.78, 5) is 23.1. The van der Waals surface area contributed by atoms with Crippen molar-refractivity contribution in [1.29, 1.82) is 0 Å². The maximum atomic E-state index is 12.0. The molecule has 1 unspecified atom stereocenters. The van der Waals surface area contributed by atoms with Crippen LogP contribution in [0.25, 0.3) is 0 Å². The van der Waals surface area contributed by atoms with E-state index in [1.807, 2.05) is 6.42 Å². The van der Waals surface area contributed by atoms with Gasteiger partial charge in [0, 0.05) is 18.9 Å². The average molecular weight is 325 g/mol. The van der Waals surface area contributed by atoms with Gasteiger partial charge in [-0.2, -0.15) is 0 Å². The van der Waals surface area contributed by atoms with Crippen LogP contribution in [0.4, 0.5) is 0 Å². The van der Waals surface area contributed by atoms with Crippen LogP contribution in [0.3, 0.4) is 0 Å². The van der Waals surface area contributed by atoms with Crippen molar-refractivity contribution >= 4 is 11.8 Å². The molecule has 1 radical (unpaired) electrons. The lowest BCUT2D eigenvalue weighted by Gasteiger charge is -2.24. The zero-order chi connectivity index (χ0) is 17.2. The molecule has 1 aliphatic rings. The van der Waals surface area contributed by atoms with Gasteiger partial charge in [-0.05, 0) is 38.0 Å². The van der Waals surface area contributed by atoms with Gasteiger partial charge in [-0.15, -0.1) is 0 Å². The topological polar surface area (TPSA) is 92.4 Å². The first-order valence-electron chi connectivity index (χ1n) is 8.96. The van der Waals surface area contributed by atoms with E-state index >= 15 is 0 Å². The Hall–Kier alpha value is -1.10. The first-order chi connectivity index (χ1) is 10.9. The Morgan fingerprint density at radius 1 is 1.26 bits per heavy atom. The summed E-state index contributed by atoms with van der Waals surface area (Å²) in [5, 5.41) is 12.9. The number of primary amides is 1. The Kier molecular flexibility index (Phi) is 9.22. The number of aliphatic hydroxyl groups excluding tert-OH is 1. The maximum Gasteiger partial charge on any atom is 0.222 e. The predicted octanol–water partition coefficient (Wildman–Crippen LogP) is 2.18. The second-order valence-electron chi connectivity index (χ2n) is 6.97. The highest BCUT2D eigenvalue weighted by Gasteiger charge is 2.24. The van der Waals surface area contributed by atoms with E-state index in [9.17, 15) is 14.7 Å². The highest BCUT2D eigenvalue weighted by molar-refractivity contribution is 5.79. The molecule has 3 atom stereocenters. The lowest BCUT2D eigenvalue weighted by Crippen LogP contribution is -2.31. The minimum atomic E-state index is -0.567. The van der Waals surface area contributed by atoms with E-state index < -0.39 is 6.10 Å². The summed E-state index contributed by atoms with van der Waals surface area (Å²) in [6.07, 6.45) is 10.3. The number of hydrogen-bond acceptors (Lipinski definition) is 3. The van der Waals surface area contributed by atoms with Gasteiger partial charge < -0.3 is 16.2 Å². The van der Waals surface area contributed by atoms with Crippen LogP contribution in [-0.2, 0) is 9.59 Å². The number of carbonyl (C=O) groups excluding carboxylic acids is 2. The summed E-state index contributed by atoms with van der Waals surface area (Å²) >= 11 is 0. The van der Waals surface area contributed by atoms with Crippen molar-refractivity contribution in [2.45, 2.75) is 70.8 Å². The standard InChI is InChI=1S/C18H33N2O3/c1-13(17(19)22)8-10-15(18(23)20-2)12-16(21)11-9-14-6-4-3-5-7-14/h11,13-16,21H,3-10,12H2,1-2H3,(H2,19,22)(H,20,23)/t13?,15-,16+/m1/s1. The highest BCUT2D eigenvalue weighted by atomic mass is 16.3. The quantitative estimate of drug-likeness (QED) is 0.575. The van der Waals surface area contributed by atoms with E-state index in [4.69, 9.17) is 5.73 Å². The van der Waals surface area contributed by atoms with Crippen molar-refractivity contribution in [3.63, 3.8) is 0 Å². The lowest BCUT2D eigenvalue weighted by atomic mass is 9.84. The molecule has 0 aromatic rings. The van der Waals surface area contributed by atoms with Gasteiger partial charge >= 0.3 is 0 Å². The highest BCUT2D eigenvalue weighted by Crippen LogP contribution is 2.28. The smallest absolute Gasteiger partial charge is 0.222 e. The first kappa shape index (κ1) is 19.9. The third kappa shape index (κ3) is 7.82. The summed E-state index contributed by atoms with van der Waals surface area (Å²) in [5.41, 5.74) is 5.27. The molecule has 133 valence electrons. The fourth-order valence-corrected chi connectivity index (χ4v) is 3.31. The molecule has 1 aliphatic carbocycles. The second kappa shape index (κ2) is 10.6. The molecule has 0 heterocycles. The van der Waals surface area contributed by atoms with Gasteiger partial charge in [0.1, 0.15) is 0 Å². The largest absolute Gasteiger partial charge is 0.393 e. The van der Waals surface area contributed by atoms with Crippen molar-refractivity contribution in [3.8, 4) is 0 Å². The Balaban J connectivity index is 2.38. The van der Waals surface area contributed by atoms with Crippen LogP contribution < -0.4 is 11.1 Å². The van der Waals surface area contributed by atoms with E-state index in [0.717, 1.165) is 6.42 Å². The van der Waals surface area contributed by atoms with E-state index in [2.05, 4.69) is 5.32 Å². The summed E-state index contributed by atoms with van der Waals surface area (Å²) in [7, 11) is 1.60. The molecule has 23 heavy (non-hydrogen) atoms. The number of hydrogen-bond donors (Lipinski definition) is 3. The molecule has 0 spiro atoms. The Morgan fingerprint density at radius 2 is 1.91 bits per heavy atom. The molecule has 0 aromatic heterocycles. The van der Waals surface area contributed by atoms with Crippen molar-refractivity contribution in [2.24, 2.45) is 23.5 Å². The monoisotopic (exact) mass is 325 g/mol.